The lowest BCUT2D eigenvalue weighted by atomic mass is 10.2. The highest BCUT2D eigenvalue weighted by Gasteiger charge is 2.14. The van der Waals surface area contributed by atoms with Gasteiger partial charge >= 0.3 is 0 Å². The lowest BCUT2D eigenvalue weighted by Crippen LogP contribution is -2.15. The van der Waals surface area contributed by atoms with Gasteiger partial charge in [0.2, 0.25) is 5.91 Å². The highest BCUT2D eigenvalue weighted by atomic mass is 32.2. The zero-order valence-electron chi connectivity index (χ0n) is 15.5. The summed E-state index contributed by atoms with van der Waals surface area (Å²) >= 11 is 1.27. The van der Waals surface area contributed by atoms with E-state index in [1.54, 1.807) is 13.0 Å². The Morgan fingerprint density at radius 1 is 1.18 bits per heavy atom. The number of amides is 1. The number of hydrogen-bond acceptors (Lipinski definition) is 6. The molecule has 3 aromatic rings. The van der Waals surface area contributed by atoms with Crippen LogP contribution in [0.1, 0.15) is 17.0 Å². The summed E-state index contributed by atoms with van der Waals surface area (Å²) in [6.07, 6.45) is 0. The Kier molecular flexibility index (Phi) is 6.05. The molecule has 28 heavy (non-hydrogen) atoms. The van der Waals surface area contributed by atoms with Gasteiger partial charge in [-0.25, -0.2) is 0 Å². The largest absolute Gasteiger partial charge is 0.325 e. The first-order valence-corrected chi connectivity index (χ1v) is 9.54. The van der Waals surface area contributed by atoms with Gasteiger partial charge < -0.3 is 9.88 Å². The van der Waals surface area contributed by atoms with Gasteiger partial charge in [-0.2, -0.15) is 0 Å². The van der Waals surface area contributed by atoms with Crippen molar-refractivity contribution in [3.8, 4) is 0 Å². The SMILES string of the molecule is Cc1ccc([N+](=O)[O-])cc1NC(=O)CSc1nnc(C)n1Cc1ccccc1. The first-order valence-electron chi connectivity index (χ1n) is 8.55. The van der Waals surface area contributed by atoms with Crippen molar-refractivity contribution < 1.29 is 9.72 Å². The van der Waals surface area contributed by atoms with Crippen molar-refractivity contribution in [3.05, 3.63) is 75.6 Å². The van der Waals surface area contributed by atoms with E-state index in [1.165, 1.54) is 23.9 Å². The minimum Gasteiger partial charge on any atom is -0.325 e. The molecule has 1 aromatic heterocycles. The Bertz CT molecular complexity index is 1000. The standard InChI is InChI=1S/C19H19N5O3S/c1-13-8-9-16(24(26)27)10-17(13)20-18(25)12-28-19-22-21-14(2)23(19)11-15-6-4-3-5-7-15/h3-10H,11-12H2,1-2H3,(H,20,25). The maximum atomic E-state index is 12.3. The number of nitro benzene ring substituents is 1. The number of non-ortho nitro benzene ring substituents is 1. The van der Waals surface area contributed by atoms with E-state index >= 15 is 0 Å². The molecule has 1 amide bonds. The third kappa shape index (κ3) is 4.74. The molecule has 0 aliphatic carbocycles. The van der Waals surface area contributed by atoms with Crippen LogP contribution in [0.4, 0.5) is 11.4 Å². The number of rotatable bonds is 7. The molecule has 144 valence electrons. The minimum absolute atomic E-state index is 0.0632. The number of benzene rings is 2. The van der Waals surface area contributed by atoms with Crippen LogP contribution < -0.4 is 5.32 Å². The molecule has 0 aliphatic rings. The lowest BCUT2D eigenvalue weighted by Gasteiger charge is -2.10. The fourth-order valence-corrected chi connectivity index (χ4v) is 3.37. The molecule has 0 fully saturated rings. The van der Waals surface area contributed by atoms with Crippen LogP contribution in [-0.4, -0.2) is 31.3 Å². The smallest absolute Gasteiger partial charge is 0.271 e. The number of carbonyl (C=O) groups is 1. The molecular weight excluding hydrogens is 378 g/mol. The van der Waals surface area contributed by atoms with Gasteiger partial charge in [0.15, 0.2) is 5.16 Å². The fourth-order valence-electron chi connectivity index (χ4n) is 2.59. The van der Waals surface area contributed by atoms with Crippen LogP contribution in [0.2, 0.25) is 0 Å². The monoisotopic (exact) mass is 397 g/mol. The quantitative estimate of drug-likeness (QED) is 0.371. The van der Waals surface area contributed by atoms with Crippen molar-refractivity contribution in [2.75, 3.05) is 11.1 Å². The third-order valence-electron chi connectivity index (χ3n) is 4.12. The molecular formula is C19H19N5O3S. The number of thioether (sulfide) groups is 1. The van der Waals surface area contributed by atoms with E-state index in [4.69, 9.17) is 0 Å². The average molecular weight is 397 g/mol. The molecule has 0 radical (unpaired) electrons. The number of hydrogen-bond donors (Lipinski definition) is 1. The molecule has 0 spiro atoms. The second kappa shape index (κ2) is 8.66. The van der Waals surface area contributed by atoms with Crippen LogP contribution in [0, 0.1) is 24.0 Å². The molecule has 0 saturated heterocycles. The second-order valence-electron chi connectivity index (χ2n) is 6.19. The van der Waals surface area contributed by atoms with Gasteiger partial charge in [-0.1, -0.05) is 48.2 Å². The molecule has 0 unspecified atom stereocenters. The molecule has 8 nitrogen and oxygen atoms in total. The fraction of sp³-hybridized carbons (Fsp3) is 0.211. The summed E-state index contributed by atoms with van der Waals surface area (Å²) in [6, 6.07) is 14.3. The Labute approximate surface area is 166 Å². The number of aromatic nitrogens is 3. The summed E-state index contributed by atoms with van der Waals surface area (Å²) in [5, 5.41) is 22.6. The second-order valence-corrected chi connectivity index (χ2v) is 7.14. The van der Waals surface area contributed by atoms with Gasteiger partial charge in [0.05, 0.1) is 22.9 Å². The van der Waals surface area contributed by atoms with Crippen LogP contribution in [-0.2, 0) is 11.3 Å². The lowest BCUT2D eigenvalue weighted by molar-refractivity contribution is -0.384. The van der Waals surface area contributed by atoms with Crippen LogP contribution in [0.25, 0.3) is 0 Å². The van der Waals surface area contributed by atoms with Crippen LogP contribution in [0.15, 0.2) is 53.7 Å². The molecule has 1 heterocycles. The summed E-state index contributed by atoms with van der Waals surface area (Å²) in [5.41, 5.74) is 2.24. The van der Waals surface area contributed by atoms with E-state index < -0.39 is 4.92 Å². The molecule has 0 aliphatic heterocycles. The summed E-state index contributed by atoms with van der Waals surface area (Å²) in [5.74, 6) is 0.622. The average Bonchev–Trinajstić information content (AvgIpc) is 3.02. The summed E-state index contributed by atoms with van der Waals surface area (Å²) in [7, 11) is 0. The predicted octanol–water partition coefficient (Wildman–Crippen LogP) is 3.58. The maximum absolute atomic E-state index is 12.3. The van der Waals surface area contributed by atoms with Gasteiger partial charge in [-0.15, -0.1) is 10.2 Å². The topological polar surface area (TPSA) is 103 Å². The summed E-state index contributed by atoms with van der Waals surface area (Å²) in [6.45, 7) is 4.27. The molecule has 0 atom stereocenters. The first kappa shape index (κ1) is 19.6. The van der Waals surface area contributed by atoms with Gasteiger partial charge in [0.25, 0.3) is 5.69 Å². The van der Waals surface area contributed by atoms with E-state index in [9.17, 15) is 14.9 Å². The predicted molar refractivity (Wildman–Crippen MR) is 107 cm³/mol. The van der Waals surface area contributed by atoms with Crippen LogP contribution in [0.3, 0.4) is 0 Å². The number of nitrogens with one attached hydrogen (secondary N) is 1. The van der Waals surface area contributed by atoms with Crippen molar-refractivity contribution in [1.82, 2.24) is 14.8 Å². The summed E-state index contributed by atoms with van der Waals surface area (Å²) < 4.78 is 1.95. The van der Waals surface area contributed by atoms with E-state index in [1.807, 2.05) is 41.8 Å². The van der Waals surface area contributed by atoms with Crippen molar-refractivity contribution in [2.24, 2.45) is 0 Å². The third-order valence-corrected chi connectivity index (χ3v) is 5.09. The molecule has 0 bridgehead atoms. The summed E-state index contributed by atoms with van der Waals surface area (Å²) in [4.78, 5) is 22.8. The Hall–Kier alpha value is -3.20. The van der Waals surface area contributed by atoms with E-state index in [-0.39, 0.29) is 17.3 Å². The first-order chi connectivity index (χ1) is 13.4. The Morgan fingerprint density at radius 3 is 2.64 bits per heavy atom. The zero-order valence-corrected chi connectivity index (χ0v) is 16.3. The van der Waals surface area contributed by atoms with Gasteiger partial charge in [0, 0.05) is 12.1 Å². The van der Waals surface area contributed by atoms with Crippen molar-refractivity contribution in [3.63, 3.8) is 0 Å². The van der Waals surface area contributed by atoms with Crippen molar-refractivity contribution >= 4 is 29.0 Å². The number of nitrogens with zero attached hydrogens (tertiary/aromatic N) is 4. The Morgan fingerprint density at radius 2 is 1.93 bits per heavy atom. The number of nitro groups is 1. The van der Waals surface area contributed by atoms with Crippen LogP contribution in [0.5, 0.6) is 0 Å². The Balaban J connectivity index is 1.66. The number of aryl methyl sites for hydroxylation is 2. The highest BCUT2D eigenvalue weighted by molar-refractivity contribution is 7.99. The normalized spacial score (nSPS) is 10.6. The van der Waals surface area contributed by atoms with Gasteiger partial charge in [-0.3, -0.25) is 14.9 Å². The van der Waals surface area contributed by atoms with E-state index in [0.717, 1.165) is 17.0 Å². The highest BCUT2D eigenvalue weighted by Crippen LogP contribution is 2.23. The maximum Gasteiger partial charge on any atom is 0.271 e. The molecule has 0 saturated carbocycles. The van der Waals surface area contributed by atoms with Crippen molar-refractivity contribution in [1.29, 1.82) is 0 Å². The number of carbonyl (C=O) groups excluding carboxylic acids is 1. The van der Waals surface area contributed by atoms with Gasteiger partial charge in [0.1, 0.15) is 5.82 Å². The number of anilines is 1. The zero-order chi connectivity index (χ0) is 20.1. The molecule has 2 aromatic carbocycles. The molecule has 3 rings (SSSR count). The van der Waals surface area contributed by atoms with E-state index in [2.05, 4.69) is 15.5 Å². The van der Waals surface area contributed by atoms with Gasteiger partial charge in [-0.05, 0) is 25.0 Å². The molecule has 9 heteroatoms. The molecule has 1 N–H and O–H groups in total. The van der Waals surface area contributed by atoms with E-state index in [0.29, 0.717) is 17.4 Å². The minimum atomic E-state index is -0.487. The van der Waals surface area contributed by atoms with Crippen molar-refractivity contribution in [2.45, 2.75) is 25.5 Å². The van der Waals surface area contributed by atoms with Crippen LogP contribution >= 0.6 is 11.8 Å².